The molecular formula is C11H10N2S2. The first-order valence-corrected chi connectivity index (χ1v) is 6.35. The van der Waals surface area contributed by atoms with Gasteiger partial charge in [-0.05, 0) is 47.1 Å². The van der Waals surface area contributed by atoms with E-state index in [1.165, 1.54) is 34.7 Å². The molecule has 1 rings (SSSR count). The van der Waals surface area contributed by atoms with Crippen molar-refractivity contribution in [2.24, 2.45) is 0 Å². The zero-order valence-corrected chi connectivity index (χ0v) is 9.99. The van der Waals surface area contributed by atoms with Gasteiger partial charge in [-0.2, -0.15) is 10.5 Å². The summed E-state index contributed by atoms with van der Waals surface area (Å²) in [4.78, 5) is 0. The summed E-state index contributed by atoms with van der Waals surface area (Å²) in [5, 5.41) is 21.1. The molecule has 76 valence electrons. The fourth-order valence-electron chi connectivity index (χ4n) is 1.20. The van der Waals surface area contributed by atoms with Crippen LogP contribution in [0.1, 0.15) is 16.7 Å². The molecule has 0 aliphatic carbocycles. The SMILES string of the molecule is Cc1ccc(CSC#N)cc1CSC#N. The van der Waals surface area contributed by atoms with E-state index in [1.54, 1.807) is 0 Å². The van der Waals surface area contributed by atoms with Gasteiger partial charge >= 0.3 is 0 Å². The minimum absolute atomic E-state index is 0.709. The number of nitriles is 2. The smallest absolute Gasteiger partial charge is 0.133 e. The van der Waals surface area contributed by atoms with Crippen molar-refractivity contribution in [2.45, 2.75) is 18.4 Å². The molecule has 15 heavy (non-hydrogen) atoms. The second-order valence-corrected chi connectivity index (χ2v) is 4.54. The predicted molar refractivity (Wildman–Crippen MR) is 65.0 cm³/mol. The maximum Gasteiger partial charge on any atom is 0.133 e. The number of nitrogens with zero attached hydrogens (tertiary/aromatic N) is 2. The topological polar surface area (TPSA) is 47.6 Å². The van der Waals surface area contributed by atoms with Gasteiger partial charge in [-0.15, -0.1) is 0 Å². The summed E-state index contributed by atoms with van der Waals surface area (Å²) in [5.74, 6) is 1.42. The van der Waals surface area contributed by atoms with E-state index in [-0.39, 0.29) is 0 Å². The quantitative estimate of drug-likeness (QED) is 0.749. The summed E-state index contributed by atoms with van der Waals surface area (Å²) in [7, 11) is 0. The molecular weight excluding hydrogens is 224 g/mol. The molecule has 0 bridgehead atoms. The van der Waals surface area contributed by atoms with E-state index < -0.39 is 0 Å². The van der Waals surface area contributed by atoms with Crippen molar-refractivity contribution in [3.63, 3.8) is 0 Å². The number of rotatable bonds is 4. The lowest BCUT2D eigenvalue weighted by Crippen LogP contribution is -1.89. The molecule has 1 aromatic carbocycles. The first-order chi connectivity index (χ1) is 7.27. The largest absolute Gasteiger partial charge is 0.185 e. The monoisotopic (exact) mass is 234 g/mol. The molecule has 0 aromatic heterocycles. The van der Waals surface area contributed by atoms with Crippen LogP contribution < -0.4 is 0 Å². The molecule has 0 saturated carbocycles. The van der Waals surface area contributed by atoms with Crippen LogP contribution in [0, 0.1) is 28.3 Å². The Bertz CT molecular complexity index is 416. The van der Waals surface area contributed by atoms with Crippen LogP contribution in [0.2, 0.25) is 0 Å². The second-order valence-electron chi connectivity index (χ2n) is 3.02. The lowest BCUT2D eigenvalue weighted by Gasteiger charge is -2.05. The van der Waals surface area contributed by atoms with Crippen molar-refractivity contribution in [3.05, 3.63) is 34.9 Å². The van der Waals surface area contributed by atoms with Crippen molar-refractivity contribution in [1.29, 1.82) is 10.5 Å². The van der Waals surface area contributed by atoms with Crippen molar-refractivity contribution >= 4 is 23.5 Å². The summed E-state index contributed by atoms with van der Waals surface area (Å²) in [6, 6.07) is 6.14. The van der Waals surface area contributed by atoms with E-state index in [0.29, 0.717) is 11.5 Å². The Morgan fingerprint density at radius 2 is 1.80 bits per heavy atom. The van der Waals surface area contributed by atoms with Crippen LogP contribution in [-0.4, -0.2) is 0 Å². The van der Waals surface area contributed by atoms with Crippen LogP contribution in [0.25, 0.3) is 0 Å². The van der Waals surface area contributed by atoms with Gasteiger partial charge in [0.25, 0.3) is 0 Å². The molecule has 0 fully saturated rings. The third-order valence-corrected chi connectivity index (χ3v) is 3.20. The van der Waals surface area contributed by atoms with Crippen molar-refractivity contribution in [2.75, 3.05) is 0 Å². The Labute approximate surface area is 98.3 Å². The van der Waals surface area contributed by atoms with Gasteiger partial charge in [0.1, 0.15) is 10.8 Å². The molecule has 0 unspecified atom stereocenters. The first-order valence-electron chi connectivity index (χ1n) is 4.38. The van der Waals surface area contributed by atoms with Gasteiger partial charge in [-0.3, -0.25) is 0 Å². The van der Waals surface area contributed by atoms with Crippen LogP contribution in [0.5, 0.6) is 0 Å². The minimum atomic E-state index is 0.709. The number of hydrogen-bond acceptors (Lipinski definition) is 4. The van der Waals surface area contributed by atoms with Gasteiger partial charge in [0.15, 0.2) is 0 Å². The van der Waals surface area contributed by atoms with Crippen molar-refractivity contribution in [3.8, 4) is 10.8 Å². The molecule has 0 aliphatic rings. The highest BCUT2D eigenvalue weighted by Crippen LogP contribution is 2.19. The third kappa shape index (κ3) is 3.87. The zero-order valence-electron chi connectivity index (χ0n) is 8.36. The highest BCUT2D eigenvalue weighted by Gasteiger charge is 2.01. The average molecular weight is 234 g/mol. The Morgan fingerprint density at radius 3 is 2.47 bits per heavy atom. The van der Waals surface area contributed by atoms with E-state index >= 15 is 0 Å². The van der Waals surface area contributed by atoms with E-state index in [9.17, 15) is 0 Å². The van der Waals surface area contributed by atoms with E-state index in [0.717, 1.165) is 5.56 Å². The first kappa shape index (κ1) is 12.0. The van der Waals surface area contributed by atoms with Gasteiger partial charge in [0.2, 0.25) is 0 Å². The molecule has 0 spiro atoms. The number of hydrogen-bond donors (Lipinski definition) is 0. The lowest BCUT2D eigenvalue weighted by molar-refractivity contribution is 1.27. The summed E-state index contributed by atoms with van der Waals surface area (Å²) >= 11 is 2.48. The molecule has 2 nitrogen and oxygen atoms in total. The predicted octanol–water partition coefficient (Wildman–Crippen LogP) is 3.42. The van der Waals surface area contributed by atoms with Crippen molar-refractivity contribution in [1.82, 2.24) is 0 Å². The fourth-order valence-corrected chi connectivity index (χ4v) is 2.14. The summed E-state index contributed by atoms with van der Waals surface area (Å²) in [5.41, 5.74) is 3.52. The summed E-state index contributed by atoms with van der Waals surface area (Å²) in [6.45, 7) is 2.04. The van der Waals surface area contributed by atoms with Crippen LogP contribution in [0.4, 0.5) is 0 Å². The Morgan fingerprint density at radius 1 is 1.13 bits per heavy atom. The standard InChI is InChI=1S/C11H10N2S2/c1-9-2-3-10(5-14-7-12)4-11(9)6-15-8-13/h2-4H,5-6H2,1H3. The molecule has 0 heterocycles. The Hall–Kier alpha value is -1.10. The van der Waals surface area contributed by atoms with Crippen molar-refractivity contribution < 1.29 is 0 Å². The number of thiocyanates is 2. The van der Waals surface area contributed by atoms with Crippen LogP contribution >= 0.6 is 23.5 Å². The van der Waals surface area contributed by atoms with Gasteiger partial charge < -0.3 is 0 Å². The molecule has 0 aliphatic heterocycles. The van der Waals surface area contributed by atoms with E-state index in [4.69, 9.17) is 10.5 Å². The molecule has 0 saturated heterocycles. The highest BCUT2D eigenvalue weighted by atomic mass is 32.2. The van der Waals surface area contributed by atoms with E-state index in [2.05, 4.69) is 16.9 Å². The van der Waals surface area contributed by atoms with Gasteiger partial charge in [-0.1, -0.05) is 18.2 Å². The molecule has 0 atom stereocenters. The molecule has 0 N–H and O–H groups in total. The van der Waals surface area contributed by atoms with Gasteiger partial charge in [0, 0.05) is 11.5 Å². The molecule has 0 radical (unpaired) electrons. The molecule has 4 heteroatoms. The van der Waals surface area contributed by atoms with Crippen LogP contribution in [-0.2, 0) is 11.5 Å². The number of aryl methyl sites for hydroxylation is 1. The normalized spacial score (nSPS) is 9.27. The lowest BCUT2D eigenvalue weighted by atomic mass is 10.1. The van der Waals surface area contributed by atoms with Crippen LogP contribution in [0.3, 0.4) is 0 Å². The van der Waals surface area contributed by atoms with Gasteiger partial charge in [-0.25, -0.2) is 0 Å². The zero-order chi connectivity index (χ0) is 11.1. The maximum atomic E-state index is 8.49. The summed E-state index contributed by atoms with van der Waals surface area (Å²) < 4.78 is 0. The Balaban J connectivity index is 2.77. The van der Waals surface area contributed by atoms with Gasteiger partial charge in [0.05, 0.1) is 0 Å². The molecule has 0 amide bonds. The summed E-state index contributed by atoms with van der Waals surface area (Å²) in [6.07, 6.45) is 0. The second kappa shape index (κ2) is 6.40. The third-order valence-electron chi connectivity index (χ3n) is 2.01. The molecule has 1 aromatic rings. The Kier molecular flexibility index (Phi) is 5.10. The van der Waals surface area contributed by atoms with Crippen LogP contribution in [0.15, 0.2) is 18.2 Å². The number of benzene rings is 1. The van der Waals surface area contributed by atoms with E-state index in [1.807, 2.05) is 19.1 Å². The fraction of sp³-hybridized carbons (Fsp3) is 0.273. The average Bonchev–Trinajstić information content (AvgIpc) is 2.26. The minimum Gasteiger partial charge on any atom is -0.185 e. The highest BCUT2D eigenvalue weighted by molar-refractivity contribution is 8.03. The number of thioether (sulfide) groups is 2. The maximum absolute atomic E-state index is 8.49.